The molecule has 5 aromatic rings. The zero-order chi connectivity index (χ0) is 35.1. The molecular weight excluding hydrogens is 681 g/mol. The second-order valence-corrected chi connectivity index (χ2v) is 13.5. The maximum Gasteiger partial charge on any atom is 0.309 e. The molecule has 3 aromatic heterocycles. The summed E-state index contributed by atoms with van der Waals surface area (Å²) in [6.45, 7) is 2.39. The summed E-state index contributed by atoms with van der Waals surface area (Å²) in [6.07, 6.45) is 3.15. The van der Waals surface area contributed by atoms with Crippen LogP contribution in [-0.4, -0.2) is 73.8 Å². The maximum absolute atomic E-state index is 13.3. The summed E-state index contributed by atoms with van der Waals surface area (Å²) in [5.41, 5.74) is 5.26. The first kappa shape index (κ1) is 33.7. The number of hydrogen-bond acceptors (Lipinski definition) is 8. The molecule has 0 bridgehead atoms. The Labute approximate surface area is 297 Å². The van der Waals surface area contributed by atoms with Crippen LogP contribution in [0, 0.1) is 5.92 Å². The van der Waals surface area contributed by atoms with Crippen LogP contribution in [0.5, 0.6) is 5.88 Å². The molecule has 12 nitrogen and oxygen atoms in total. The number of aliphatic carboxylic acids is 1. The number of nitrogens with one attached hydrogen (secondary N) is 2. The zero-order valence-corrected chi connectivity index (χ0v) is 29.0. The van der Waals surface area contributed by atoms with Crippen molar-refractivity contribution in [2.24, 2.45) is 13.0 Å². The van der Waals surface area contributed by atoms with Gasteiger partial charge in [0.1, 0.15) is 11.3 Å². The van der Waals surface area contributed by atoms with Crippen LogP contribution in [0.4, 0.5) is 0 Å². The Balaban J connectivity index is 1.15. The third-order valence-corrected chi connectivity index (χ3v) is 10.2. The number of carbonyl (C=O) groups excluding carboxylic acids is 1. The highest BCUT2D eigenvalue weighted by molar-refractivity contribution is 6.39. The van der Waals surface area contributed by atoms with E-state index in [1.54, 1.807) is 30.9 Å². The van der Waals surface area contributed by atoms with Crippen LogP contribution in [0.15, 0.2) is 65.6 Å². The summed E-state index contributed by atoms with van der Waals surface area (Å²) in [7, 11) is 3.25. The third kappa shape index (κ3) is 6.47. The van der Waals surface area contributed by atoms with Gasteiger partial charge in [0.15, 0.2) is 0 Å². The lowest BCUT2D eigenvalue weighted by atomic mass is 9.97. The lowest BCUT2D eigenvalue weighted by Crippen LogP contribution is -2.50. The Kier molecular flexibility index (Phi) is 9.36. The Morgan fingerprint density at radius 1 is 1.04 bits per heavy atom. The number of nitrogens with zero attached hydrogens (tertiary/aromatic N) is 5. The van der Waals surface area contributed by atoms with Gasteiger partial charge in [0.05, 0.1) is 35.3 Å². The number of rotatable bonds is 11. The van der Waals surface area contributed by atoms with Gasteiger partial charge in [0.2, 0.25) is 11.8 Å². The van der Waals surface area contributed by atoms with Crippen molar-refractivity contribution in [3.8, 4) is 39.4 Å². The van der Waals surface area contributed by atoms with Crippen molar-refractivity contribution >= 4 is 40.6 Å². The highest BCUT2D eigenvalue weighted by Gasteiger charge is 2.33. The normalized spacial score (nSPS) is 16.5. The van der Waals surface area contributed by atoms with Gasteiger partial charge in [-0.25, -0.2) is 9.50 Å². The Morgan fingerprint density at radius 3 is 2.42 bits per heavy atom. The minimum absolute atomic E-state index is 0.0860. The van der Waals surface area contributed by atoms with Gasteiger partial charge in [-0.2, -0.15) is 5.10 Å². The van der Waals surface area contributed by atoms with Gasteiger partial charge in [0.25, 0.3) is 5.56 Å². The largest absolute Gasteiger partial charge is 0.481 e. The number of halogens is 2. The molecule has 0 saturated carbocycles. The monoisotopic (exact) mass is 715 g/mol. The minimum Gasteiger partial charge on any atom is -0.481 e. The molecule has 2 aliphatic heterocycles. The molecule has 2 saturated heterocycles. The summed E-state index contributed by atoms with van der Waals surface area (Å²) in [6, 6.07) is 17.1. The van der Waals surface area contributed by atoms with E-state index in [1.807, 2.05) is 53.4 Å². The highest BCUT2D eigenvalue weighted by atomic mass is 35.5. The minimum atomic E-state index is -0.815. The number of carbonyl (C=O) groups is 2. The van der Waals surface area contributed by atoms with E-state index in [4.69, 9.17) is 38.0 Å². The van der Waals surface area contributed by atoms with Gasteiger partial charge in [-0.1, -0.05) is 65.7 Å². The molecule has 0 unspecified atom stereocenters. The Morgan fingerprint density at radius 2 is 1.74 bits per heavy atom. The van der Waals surface area contributed by atoms with E-state index in [0.29, 0.717) is 94.4 Å². The number of benzene rings is 2. The SMILES string of the molecule is COc1nc(-c2cccc(-c3cccc(-c4cc5c(=O)n(C)c(CN6CC(C(=O)O)C6)nn5c4)c3Cl)c2Cl)ccc1CNC[C@@H]1CCC(=O)N1. The fourth-order valence-electron chi connectivity index (χ4n) is 6.56. The van der Waals surface area contributed by atoms with E-state index in [1.165, 1.54) is 4.57 Å². The average Bonchev–Trinajstić information content (AvgIpc) is 3.71. The summed E-state index contributed by atoms with van der Waals surface area (Å²) in [5, 5.41) is 21.2. The molecule has 258 valence electrons. The van der Waals surface area contributed by atoms with Crippen LogP contribution in [0.3, 0.4) is 0 Å². The van der Waals surface area contributed by atoms with Crippen LogP contribution in [0.2, 0.25) is 10.0 Å². The van der Waals surface area contributed by atoms with E-state index in [0.717, 1.165) is 17.5 Å². The van der Waals surface area contributed by atoms with Crippen molar-refractivity contribution in [3.63, 3.8) is 0 Å². The fraction of sp³-hybridized carbons (Fsp3) is 0.306. The topological polar surface area (TPSA) is 143 Å². The number of fused-ring (bicyclic) bond motifs is 1. The van der Waals surface area contributed by atoms with Crippen LogP contribution < -0.4 is 20.9 Å². The van der Waals surface area contributed by atoms with E-state index >= 15 is 0 Å². The molecule has 7 rings (SSSR count). The smallest absolute Gasteiger partial charge is 0.309 e. The number of aromatic nitrogens is 4. The van der Waals surface area contributed by atoms with E-state index < -0.39 is 11.9 Å². The first-order valence-electron chi connectivity index (χ1n) is 16.3. The number of likely N-dealkylation sites (tertiary alicyclic amines) is 1. The predicted molar refractivity (Wildman–Crippen MR) is 190 cm³/mol. The second kappa shape index (κ2) is 13.9. The lowest BCUT2D eigenvalue weighted by Gasteiger charge is -2.36. The van der Waals surface area contributed by atoms with Gasteiger partial charge in [-0.05, 0) is 18.6 Å². The molecule has 0 spiro atoms. The van der Waals surface area contributed by atoms with Gasteiger partial charge < -0.3 is 20.5 Å². The number of ether oxygens (including phenoxy) is 1. The molecule has 2 fully saturated rings. The molecule has 2 aliphatic rings. The molecule has 0 radical (unpaired) electrons. The standard InChI is InChI=1S/C36H35Cl2N7O5/c1-43-30(19-44-16-22(17-44)36(48)49)42-45-18-21(13-29(45)35(43)47)24-5-3-6-25(32(24)37)26-7-4-8-27(33(26)38)28-11-9-20(34(41-28)50-2)14-39-15-23-10-12-31(46)40-23/h3-9,11,13,18,22-23,39H,10,12,14-17,19H2,1-2H3,(H,40,46)(H,48,49)/t23-/m0/s1. The molecule has 1 atom stereocenters. The van der Waals surface area contributed by atoms with Crippen molar-refractivity contribution in [2.45, 2.75) is 32.0 Å². The van der Waals surface area contributed by atoms with E-state index in [-0.39, 0.29) is 17.5 Å². The second-order valence-electron chi connectivity index (χ2n) is 12.7. The van der Waals surface area contributed by atoms with Crippen LogP contribution in [0.1, 0.15) is 24.2 Å². The first-order valence-corrected chi connectivity index (χ1v) is 17.0. The summed E-state index contributed by atoms with van der Waals surface area (Å²) in [4.78, 5) is 42.8. The number of methoxy groups -OCH3 is 1. The number of pyridine rings is 1. The maximum atomic E-state index is 13.3. The summed E-state index contributed by atoms with van der Waals surface area (Å²) >= 11 is 14.2. The molecule has 1 amide bonds. The van der Waals surface area contributed by atoms with E-state index in [2.05, 4.69) is 10.6 Å². The van der Waals surface area contributed by atoms with Crippen molar-refractivity contribution in [2.75, 3.05) is 26.7 Å². The molecule has 5 heterocycles. The van der Waals surface area contributed by atoms with Gasteiger partial charge in [0, 0.05) is 85.3 Å². The Hall–Kier alpha value is -4.75. The van der Waals surface area contributed by atoms with Gasteiger partial charge in [-0.15, -0.1) is 0 Å². The molecule has 3 N–H and O–H groups in total. The average molecular weight is 717 g/mol. The third-order valence-electron chi connectivity index (χ3n) is 9.40. The Bertz CT molecular complexity index is 2190. The predicted octanol–water partition coefficient (Wildman–Crippen LogP) is 4.63. The van der Waals surface area contributed by atoms with Gasteiger partial charge in [-0.3, -0.25) is 23.9 Å². The molecule has 2 aromatic carbocycles. The van der Waals surface area contributed by atoms with Crippen LogP contribution >= 0.6 is 23.2 Å². The number of amides is 1. The molecule has 50 heavy (non-hydrogen) atoms. The summed E-state index contributed by atoms with van der Waals surface area (Å²) in [5.74, 6) is -0.119. The molecule has 0 aliphatic carbocycles. The quantitative estimate of drug-likeness (QED) is 0.178. The van der Waals surface area contributed by atoms with Crippen molar-refractivity contribution < 1.29 is 19.4 Å². The van der Waals surface area contributed by atoms with Crippen LogP contribution in [0.25, 0.3) is 39.0 Å². The molecule has 14 heteroatoms. The van der Waals surface area contributed by atoms with Gasteiger partial charge >= 0.3 is 5.97 Å². The number of carboxylic acids is 1. The lowest BCUT2D eigenvalue weighted by molar-refractivity contribution is -0.147. The summed E-state index contributed by atoms with van der Waals surface area (Å²) < 4.78 is 8.69. The van der Waals surface area contributed by atoms with Crippen molar-refractivity contribution in [3.05, 3.63) is 92.6 Å². The highest BCUT2D eigenvalue weighted by Crippen LogP contribution is 2.42. The number of hydrogen-bond donors (Lipinski definition) is 3. The fourth-order valence-corrected chi connectivity index (χ4v) is 7.22. The van der Waals surface area contributed by atoms with Crippen LogP contribution in [-0.2, 0) is 29.7 Å². The molecular formula is C36H35Cl2N7O5. The first-order chi connectivity index (χ1) is 24.1. The zero-order valence-electron chi connectivity index (χ0n) is 27.5. The van der Waals surface area contributed by atoms with Crippen molar-refractivity contribution in [1.29, 1.82) is 0 Å². The van der Waals surface area contributed by atoms with Crippen molar-refractivity contribution in [1.82, 2.24) is 34.7 Å². The van der Waals surface area contributed by atoms with E-state index in [9.17, 15) is 19.5 Å². The number of carboxylic acid groups (broad SMARTS) is 1.